The number of aryl methyl sites for hydroxylation is 1. The van der Waals surface area contributed by atoms with Crippen LogP contribution in [0.15, 0.2) is 18.2 Å². The van der Waals surface area contributed by atoms with Gasteiger partial charge in [-0.3, -0.25) is 9.69 Å². The average molecular weight is 358 g/mol. The standard InChI is InChI=1S/C22H35N3O/c1-3-4-5-6-12-24-13-15-25(16-14-24)22-9-7-8-19-10-11-20(17-21(19)22)23-18(2)26/h7-9,20H,3-6,10-17H2,1-2H3,(H,23,26). The van der Waals surface area contributed by atoms with E-state index in [4.69, 9.17) is 0 Å². The van der Waals surface area contributed by atoms with Crippen molar-refractivity contribution < 1.29 is 4.79 Å². The Bertz CT molecular complexity index is 593. The van der Waals surface area contributed by atoms with Crippen LogP contribution in [0.2, 0.25) is 0 Å². The highest BCUT2D eigenvalue weighted by atomic mass is 16.1. The van der Waals surface area contributed by atoms with Crippen LogP contribution in [0.5, 0.6) is 0 Å². The third-order valence-corrected chi connectivity index (χ3v) is 5.91. The molecule has 0 bridgehead atoms. The van der Waals surface area contributed by atoms with Crippen molar-refractivity contribution in [3.8, 4) is 0 Å². The molecular formula is C22H35N3O. The van der Waals surface area contributed by atoms with E-state index in [0.717, 1.165) is 32.4 Å². The number of rotatable bonds is 7. The molecule has 1 unspecified atom stereocenters. The van der Waals surface area contributed by atoms with Gasteiger partial charge in [0, 0.05) is 44.8 Å². The summed E-state index contributed by atoms with van der Waals surface area (Å²) in [5.41, 5.74) is 4.35. The molecular weight excluding hydrogens is 322 g/mol. The van der Waals surface area contributed by atoms with Gasteiger partial charge in [0.1, 0.15) is 0 Å². The van der Waals surface area contributed by atoms with Crippen LogP contribution in [0.3, 0.4) is 0 Å². The zero-order valence-electron chi connectivity index (χ0n) is 16.6. The van der Waals surface area contributed by atoms with Crippen molar-refractivity contribution in [2.45, 2.75) is 64.8 Å². The maximum absolute atomic E-state index is 11.4. The van der Waals surface area contributed by atoms with Crippen molar-refractivity contribution in [3.05, 3.63) is 29.3 Å². The summed E-state index contributed by atoms with van der Waals surface area (Å²) in [4.78, 5) is 16.6. The molecule has 0 aromatic heterocycles. The Balaban J connectivity index is 1.58. The number of carbonyl (C=O) groups excluding carboxylic acids is 1. The second-order valence-electron chi connectivity index (χ2n) is 7.94. The maximum atomic E-state index is 11.4. The predicted molar refractivity (Wildman–Crippen MR) is 109 cm³/mol. The molecule has 26 heavy (non-hydrogen) atoms. The van der Waals surface area contributed by atoms with Crippen LogP contribution in [0, 0.1) is 0 Å². The van der Waals surface area contributed by atoms with E-state index in [9.17, 15) is 4.79 Å². The predicted octanol–water partition coefficient (Wildman–Crippen LogP) is 3.38. The summed E-state index contributed by atoms with van der Waals surface area (Å²) in [6.45, 7) is 9.74. The quantitative estimate of drug-likeness (QED) is 0.760. The molecule has 1 aliphatic heterocycles. The van der Waals surface area contributed by atoms with Crippen LogP contribution in [0.1, 0.15) is 57.1 Å². The lowest BCUT2D eigenvalue weighted by atomic mass is 9.86. The molecule has 1 aliphatic carbocycles. The molecule has 1 N–H and O–H groups in total. The van der Waals surface area contributed by atoms with E-state index in [-0.39, 0.29) is 5.91 Å². The van der Waals surface area contributed by atoms with Gasteiger partial charge in [0.05, 0.1) is 0 Å². The minimum Gasteiger partial charge on any atom is -0.369 e. The van der Waals surface area contributed by atoms with Gasteiger partial charge in [0.15, 0.2) is 0 Å². The lowest BCUT2D eigenvalue weighted by Gasteiger charge is -2.38. The molecule has 3 rings (SSSR count). The average Bonchev–Trinajstić information content (AvgIpc) is 2.65. The van der Waals surface area contributed by atoms with Gasteiger partial charge in [-0.05, 0) is 49.4 Å². The molecule has 1 atom stereocenters. The number of nitrogens with one attached hydrogen (secondary N) is 1. The Hall–Kier alpha value is -1.55. The Kier molecular flexibility index (Phi) is 6.95. The highest BCUT2D eigenvalue weighted by molar-refractivity contribution is 5.73. The summed E-state index contributed by atoms with van der Waals surface area (Å²) in [7, 11) is 0. The van der Waals surface area contributed by atoms with Gasteiger partial charge < -0.3 is 10.2 Å². The number of fused-ring (bicyclic) bond motifs is 1. The van der Waals surface area contributed by atoms with E-state index < -0.39 is 0 Å². The van der Waals surface area contributed by atoms with E-state index in [1.165, 1.54) is 62.1 Å². The van der Waals surface area contributed by atoms with Crippen molar-refractivity contribution in [2.24, 2.45) is 0 Å². The van der Waals surface area contributed by atoms with Crippen LogP contribution in [-0.4, -0.2) is 49.6 Å². The van der Waals surface area contributed by atoms with Crippen LogP contribution >= 0.6 is 0 Å². The van der Waals surface area contributed by atoms with Gasteiger partial charge in [0.2, 0.25) is 5.91 Å². The second kappa shape index (κ2) is 9.40. The summed E-state index contributed by atoms with van der Waals surface area (Å²) in [6, 6.07) is 7.06. The molecule has 2 aliphatic rings. The van der Waals surface area contributed by atoms with Crippen LogP contribution in [0.25, 0.3) is 0 Å². The highest BCUT2D eigenvalue weighted by Gasteiger charge is 2.25. The molecule has 4 nitrogen and oxygen atoms in total. The number of hydrogen-bond donors (Lipinski definition) is 1. The molecule has 1 aromatic carbocycles. The molecule has 1 aromatic rings. The van der Waals surface area contributed by atoms with E-state index in [0.29, 0.717) is 6.04 Å². The Morgan fingerprint density at radius 3 is 2.69 bits per heavy atom. The molecule has 1 saturated heterocycles. The normalized spacial score (nSPS) is 20.7. The molecule has 4 heteroatoms. The summed E-state index contributed by atoms with van der Waals surface area (Å²) in [5.74, 6) is 0.0904. The van der Waals surface area contributed by atoms with Gasteiger partial charge in [-0.2, -0.15) is 0 Å². The van der Waals surface area contributed by atoms with Gasteiger partial charge in [-0.15, -0.1) is 0 Å². The first-order chi connectivity index (χ1) is 12.7. The third kappa shape index (κ3) is 5.00. The van der Waals surface area contributed by atoms with Gasteiger partial charge in [-0.1, -0.05) is 38.3 Å². The first-order valence-corrected chi connectivity index (χ1v) is 10.5. The van der Waals surface area contributed by atoms with E-state index in [2.05, 4.69) is 40.2 Å². The van der Waals surface area contributed by atoms with Crippen molar-refractivity contribution in [3.63, 3.8) is 0 Å². The minimum absolute atomic E-state index is 0.0904. The smallest absolute Gasteiger partial charge is 0.217 e. The van der Waals surface area contributed by atoms with Crippen molar-refractivity contribution in [1.82, 2.24) is 10.2 Å². The lowest BCUT2D eigenvalue weighted by Crippen LogP contribution is -2.47. The summed E-state index contributed by atoms with van der Waals surface area (Å²) in [5, 5.41) is 3.13. The molecule has 1 fully saturated rings. The first-order valence-electron chi connectivity index (χ1n) is 10.5. The first kappa shape index (κ1) is 19.2. The SMILES string of the molecule is CCCCCCN1CCN(c2cccc3c2CC(NC(C)=O)CC3)CC1. The zero-order chi connectivity index (χ0) is 18.4. The summed E-state index contributed by atoms with van der Waals surface area (Å²) < 4.78 is 0. The molecule has 0 spiro atoms. The minimum atomic E-state index is 0.0904. The van der Waals surface area contributed by atoms with Crippen LogP contribution in [0.4, 0.5) is 5.69 Å². The van der Waals surface area contributed by atoms with Gasteiger partial charge in [0.25, 0.3) is 0 Å². The largest absolute Gasteiger partial charge is 0.369 e. The van der Waals surface area contributed by atoms with Gasteiger partial charge >= 0.3 is 0 Å². The van der Waals surface area contributed by atoms with E-state index in [1.54, 1.807) is 6.92 Å². The van der Waals surface area contributed by atoms with Gasteiger partial charge in [-0.25, -0.2) is 0 Å². The van der Waals surface area contributed by atoms with E-state index in [1.807, 2.05) is 0 Å². The number of nitrogens with zero attached hydrogens (tertiary/aromatic N) is 2. The molecule has 0 radical (unpaired) electrons. The second-order valence-corrected chi connectivity index (χ2v) is 7.94. The Morgan fingerprint density at radius 2 is 1.96 bits per heavy atom. The fourth-order valence-electron chi connectivity index (χ4n) is 4.45. The van der Waals surface area contributed by atoms with E-state index >= 15 is 0 Å². The molecule has 1 amide bonds. The lowest BCUT2D eigenvalue weighted by molar-refractivity contribution is -0.119. The fourth-order valence-corrected chi connectivity index (χ4v) is 4.45. The summed E-state index contributed by atoms with van der Waals surface area (Å²) in [6.07, 6.45) is 8.49. The Morgan fingerprint density at radius 1 is 1.15 bits per heavy atom. The third-order valence-electron chi connectivity index (χ3n) is 5.91. The zero-order valence-corrected chi connectivity index (χ0v) is 16.6. The molecule has 0 saturated carbocycles. The Labute approximate surface area is 158 Å². The number of unbranched alkanes of at least 4 members (excludes halogenated alkanes) is 3. The molecule has 144 valence electrons. The monoisotopic (exact) mass is 357 g/mol. The molecule has 1 heterocycles. The number of piperazine rings is 1. The number of hydrogen-bond acceptors (Lipinski definition) is 3. The van der Waals surface area contributed by atoms with Crippen molar-refractivity contribution >= 4 is 11.6 Å². The number of amides is 1. The number of benzene rings is 1. The highest BCUT2D eigenvalue weighted by Crippen LogP contribution is 2.31. The topological polar surface area (TPSA) is 35.6 Å². The number of carbonyl (C=O) groups is 1. The fraction of sp³-hybridized carbons (Fsp3) is 0.682. The number of anilines is 1. The van der Waals surface area contributed by atoms with Crippen molar-refractivity contribution in [1.29, 1.82) is 0 Å². The summed E-state index contributed by atoms with van der Waals surface area (Å²) >= 11 is 0. The van der Waals surface area contributed by atoms with Crippen molar-refractivity contribution in [2.75, 3.05) is 37.6 Å². The van der Waals surface area contributed by atoms with Crippen LogP contribution in [-0.2, 0) is 17.6 Å². The van der Waals surface area contributed by atoms with Crippen LogP contribution < -0.4 is 10.2 Å². The maximum Gasteiger partial charge on any atom is 0.217 e.